The molecule has 0 saturated carbocycles. The number of aromatic amines is 1. The predicted molar refractivity (Wildman–Crippen MR) is 66.3 cm³/mol. The zero-order valence-corrected chi connectivity index (χ0v) is 9.96. The molecule has 2 N–H and O–H groups in total. The lowest BCUT2D eigenvalue weighted by atomic mass is 10.1. The molecule has 3 heteroatoms. The summed E-state index contributed by atoms with van der Waals surface area (Å²) >= 11 is 0. The first-order valence-corrected chi connectivity index (χ1v) is 5.48. The van der Waals surface area contributed by atoms with E-state index in [2.05, 4.69) is 46.5 Å². The number of hydrogen-bond acceptors (Lipinski definition) is 2. The van der Waals surface area contributed by atoms with Crippen molar-refractivity contribution in [3.05, 3.63) is 41.3 Å². The number of nitrogens with zero attached hydrogens (tertiary/aromatic N) is 1. The van der Waals surface area contributed by atoms with Crippen molar-refractivity contribution in [1.29, 1.82) is 0 Å². The maximum absolute atomic E-state index is 4.55. The van der Waals surface area contributed by atoms with Gasteiger partial charge in [-0.1, -0.05) is 23.8 Å². The number of H-pyrrole nitrogens is 1. The van der Waals surface area contributed by atoms with Crippen LogP contribution in [0.2, 0.25) is 0 Å². The summed E-state index contributed by atoms with van der Waals surface area (Å²) < 4.78 is 0. The Kier molecular flexibility index (Phi) is 3.06. The van der Waals surface area contributed by atoms with Crippen LogP contribution in [0.4, 0.5) is 0 Å². The molecule has 2 aromatic rings. The molecule has 0 radical (unpaired) electrons. The Bertz CT molecular complexity index is 486. The molecule has 0 saturated heterocycles. The van der Waals surface area contributed by atoms with Crippen LogP contribution in [0.5, 0.6) is 0 Å². The number of nitrogens with one attached hydrogen (secondary N) is 2. The first-order valence-electron chi connectivity index (χ1n) is 5.48. The van der Waals surface area contributed by atoms with Crippen molar-refractivity contribution in [2.75, 3.05) is 7.05 Å². The highest BCUT2D eigenvalue weighted by atomic mass is 15.0. The van der Waals surface area contributed by atoms with Gasteiger partial charge in [0.2, 0.25) is 0 Å². The van der Waals surface area contributed by atoms with Crippen molar-refractivity contribution in [3.63, 3.8) is 0 Å². The van der Waals surface area contributed by atoms with Crippen molar-refractivity contribution >= 4 is 0 Å². The molecule has 0 bridgehead atoms. The summed E-state index contributed by atoms with van der Waals surface area (Å²) in [6, 6.07) is 8.43. The normalized spacial score (nSPS) is 10.7. The first-order chi connectivity index (χ1) is 7.70. The standard InChI is InChI=1S/C13H17N3/c1-9-5-4-6-11(7-9)13-12(8-14-3)15-10(2)16-13/h4-7,14H,8H2,1-3H3,(H,15,16). The minimum Gasteiger partial charge on any atom is -0.345 e. The quantitative estimate of drug-likeness (QED) is 0.825. The molecular weight excluding hydrogens is 198 g/mol. The van der Waals surface area contributed by atoms with Gasteiger partial charge >= 0.3 is 0 Å². The third-order valence-electron chi connectivity index (χ3n) is 2.54. The zero-order valence-electron chi connectivity index (χ0n) is 9.96. The molecule has 0 aliphatic rings. The molecule has 0 amide bonds. The van der Waals surface area contributed by atoms with Crippen molar-refractivity contribution < 1.29 is 0 Å². The molecule has 0 fully saturated rings. The van der Waals surface area contributed by atoms with Crippen molar-refractivity contribution in [2.24, 2.45) is 0 Å². The summed E-state index contributed by atoms with van der Waals surface area (Å²) in [6.07, 6.45) is 0. The van der Waals surface area contributed by atoms with Gasteiger partial charge < -0.3 is 10.3 Å². The molecule has 0 aliphatic heterocycles. The highest BCUT2D eigenvalue weighted by Gasteiger charge is 2.09. The summed E-state index contributed by atoms with van der Waals surface area (Å²) in [5.41, 5.74) is 4.63. The number of aryl methyl sites for hydroxylation is 2. The van der Waals surface area contributed by atoms with E-state index >= 15 is 0 Å². The molecule has 0 spiro atoms. The van der Waals surface area contributed by atoms with Crippen LogP contribution in [0.1, 0.15) is 17.1 Å². The number of hydrogen-bond donors (Lipinski definition) is 2. The lowest BCUT2D eigenvalue weighted by Gasteiger charge is -2.03. The van der Waals surface area contributed by atoms with E-state index < -0.39 is 0 Å². The fourth-order valence-corrected chi connectivity index (χ4v) is 1.88. The van der Waals surface area contributed by atoms with Gasteiger partial charge in [0.1, 0.15) is 5.82 Å². The monoisotopic (exact) mass is 215 g/mol. The van der Waals surface area contributed by atoms with E-state index in [4.69, 9.17) is 0 Å². The second-order valence-corrected chi connectivity index (χ2v) is 4.05. The number of aromatic nitrogens is 2. The molecular formula is C13H17N3. The van der Waals surface area contributed by atoms with Gasteiger partial charge in [0.05, 0.1) is 11.4 Å². The second kappa shape index (κ2) is 4.49. The molecule has 84 valence electrons. The Balaban J connectivity index is 2.46. The van der Waals surface area contributed by atoms with E-state index in [9.17, 15) is 0 Å². The average Bonchev–Trinajstić information content (AvgIpc) is 2.60. The summed E-state index contributed by atoms with van der Waals surface area (Å²) in [5.74, 6) is 0.960. The molecule has 1 heterocycles. The third kappa shape index (κ3) is 2.14. The molecule has 0 atom stereocenters. The summed E-state index contributed by atoms with van der Waals surface area (Å²) in [7, 11) is 1.94. The van der Waals surface area contributed by atoms with Crippen molar-refractivity contribution in [2.45, 2.75) is 20.4 Å². The summed E-state index contributed by atoms with van der Waals surface area (Å²) in [5, 5.41) is 3.15. The fraction of sp³-hybridized carbons (Fsp3) is 0.308. The van der Waals surface area contributed by atoms with Gasteiger partial charge in [-0.3, -0.25) is 0 Å². The Labute approximate surface area is 95.9 Å². The number of rotatable bonds is 3. The van der Waals surface area contributed by atoms with Gasteiger partial charge in [0, 0.05) is 12.1 Å². The zero-order chi connectivity index (χ0) is 11.5. The highest BCUT2D eigenvalue weighted by molar-refractivity contribution is 5.62. The van der Waals surface area contributed by atoms with Crippen LogP contribution in [-0.4, -0.2) is 17.0 Å². The smallest absolute Gasteiger partial charge is 0.103 e. The van der Waals surface area contributed by atoms with Gasteiger partial charge in [-0.15, -0.1) is 0 Å². The van der Waals surface area contributed by atoms with Crippen LogP contribution in [-0.2, 0) is 6.54 Å². The van der Waals surface area contributed by atoms with Crippen LogP contribution in [0.25, 0.3) is 11.3 Å². The van der Waals surface area contributed by atoms with Crippen LogP contribution in [0.3, 0.4) is 0 Å². The lowest BCUT2D eigenvalue weighted by molar-refractivity contribution is 0.796. The van der Waals surface area contributed by atoms with Crippen LogP contribution >= 0.6 is 0 Å². The maximum atomic E-state index is 4.55. The Morgan fingerprint density at radius 2 is 2.12 bits per heavy atom. The van der Waals surface area contributed by atoms with E-state index in [1.165, 1.54) is 11.1 Å². The van der Waals surface area contributed by atoms with Gasteiger partial charge in [-0.2, -0.15) is 0 Å². The van der Waals surface area contributed by atoms with Gasteiger partial charge in [-0.05, 0) is 27.0 Å². The maximum Gasteiger partial charge on any atom is 0.103 e. The Morgan fingerprint density at radius 1 is 1.31 bits per heavy atom. The van der Waals surface area contributed by atoms with E-state index in [1.807, 2.05) is 14.0 Å². The Hall–Kier alpha value is -1.61. The van der Waals surface area contributed by atoms with Crippen LogP contribution in [0, 0.1) is 13.8 Å². The lowest BCUT2D eigenvalue weighted by Crippen LogP contribution is -2.06. The molecule has 0 unspecified atom stereocenters. The van der Waals surface area contributed by atoms with Gasteiger partial charge in [0.25, 0.3) is 0 Å². The average molecular weight is 215 g/mol. The minimum atomic E-state index is 0.810. The van der Waals surface area contributed by atoms with Crippen LogP contribution < -0.4 is 5.32 Å². The SMILES string of the molecule is CNCc1[nH]c(C)nc1-c1cccc(C)c1. The molecule has 16 heavy (non-hydrogen) atoms. The number of imidazole rings is 1. The third-order valence-corrected chi connectivity index (χ3v) is 2.54. The largest absolute Gasteiger partial charge is 0.345 e. The molecule has 2 rings (SSSR count). The fourth-order valence-electron chi connectivity index (χ4n) is 1.88. The molecule has 1 aromatic heterocycles. The van der Waals surface area contributed by atoms with Gasteiger partial charge in [0.15, 0.2) is 0 Å². The number of benzene rings is 1. The minimum absolute atomic E-state index is 0.810. The van der Waals surface area contributed by atoms with Crippen molar-refractivity contribution in [3.8, 4) is 11.3 Å². The van der Waals surface area contributed by atoms with Gasteiger partial charge in [-0.25, -0.2) is 4.98 Å². The molecule has 1 aromatic carbocycles. The molecule has 3 nitrogen and oxygen atoms in total. The summed E-state index contributed by atoms with van der Waals surface area (Å²) in [4.78, 5) is 7.83. The van der Waals surface area contributed by atoms with E-state index in [-0.39, 0.29) is 0 Å². The van der Waals surface area contributed by atoms with E-state index in [0.717, 1.165) is 23.8 Å². The second-order valence-electron chi connectivity index (χ2n) is 4.05. The molecule has 0 aliphatic carbocycles. The van der Waals surface area contributed by atoms with Crippen molar-refractivity contribution in [1.82, 2.24) is 15.3 Å². The van der Waals surface area contributed by atoms with E-state index in [1.54, 1.807) is 0 Å². The van der Waals surface area contributed by atoms with Crippen LogP contribution in [0.15, 0.2) is 24.3 Å². The highest BCUT2D eigenvalue weighted by Crippen LogP contribution is 2.22. The predicted octanol–water partition coefficient (Wildman–Crippen LogP) is 2.41. The van der Waals surface area contributed by atoms with E-state index in [0.29, 0.717) is 0 Å². The Morgan fingerprint density at radius 3 is 2.81 bits per heavy atom. The summed E-state index contributed by atoms with van der Waals surface area (Å²) in [6.45, 7) is 4.89. The topological polar surface area (TPSA) is 40.7 Å². The first kappa shape index (κ1) is 10.9.